The molecule has 0 heterocycles. The Morgan fingerprint density at radius 2 is 2.43 bits per heavy atom. The van der Waals surface area contributed by atoms with Crippen molar-refractivity contribution in [1.29, 1.82) is 0 Å². The second kappa shape index (κ2) is 5.76. The van der Waals surface area contributed by atoms with Gasteiger partial charge in [0, 0.05) is 12.3 Å². The Hall–Kier alpha value is -0.890. The number of allylic oxidation sites excluding steroid dienone is 2. The lowest BCUT2D eigenvalue weighted by atomic mass is 9.96. The third kappa shape index (κ3) is 3.46. The van der Waals surface area contributed by atoms with E-state index >= 15 is 0 Å². The Morgan fingerprint density at radius 3 is 3.07 bits per heavy atom. The van der Waals surface area contributed by atoms with Crippen LogP contribution in [0.4, 0.5) is 0 Å². The smallest absolute Gasteiger partial charge is 0.158 e. The first kappa shape index (κ1) is 11.2. The Balaban J connectivity index is 2.24. The molecule has 2 heteroatoms. The molecular weight excluding hydrogens is 176 g/mol. The van der Waals surface area contributed by atoms with E-state index in [-0.39, 0.29) is 12.4 Å². The van der Waals surface area contributed by atoms with Crippen LogP contribution >= 0.6 is 0 Å². The summed E-state index contributed by atoms with van der Waals surface area (Å²) in [5.41, 5.74) is 1.34. The minimum Gasteiger partial charge on any atom is -0.373 e. The Morgan fingerprint density at radius 1 is 1.64 bits per heavy atom. The van der Waals surface area contributed by atoms with E-state index in [1.165, 1.54) is 5.57 Å². The van der Waals surface area contributed by atoms with Gasteiger partial charge < -0.3 is 4.74 Å². The van der Waals surface area contributed by atoms with Crippen LogP contribution in [0.2, 0.25) is 0 Å². The molecule has 0 bridgehead atoms. The van der Waals surface area contributed by atoms with Gasteiger partial charge in [-0.25, -0.2) is 0 Å². The van der Waals surface area contributed by atoms with E-state index in [2.05, 4.69) is 25.2 Å². The van der Waals surface area contributed by atoms with Crippen molar-refractivity contribution >= 4 is 5.78 Å². The Labute approximate surface area is 85.6 Å². The highest BCUT2D eigenvalue weighted by Crippen LogP contribution is 2.18. The van der Waals surface area contributed by atoms with Gasteiger partial charge in [0.2, 0.25) is 0 Å². The van der Waals surface area contributed by atoms with Crippen LogP contribution in [0.1, 0.15) is 26.7 Å². The highest BCUT2D eigenvalue weighted by Gasteiger charge is 2.10. The van der Waals surface area contributed by atoms with Crippen molar-refractivity contribution in [3.05, 3.63) is 23.8 Å². The second-order valence-corrected chi connectivity index (χ2v) is 3.63. The first-order chi connectivity index (χ1) is 6.74. The molecule has 0 saturated heterocycles. The molecule has 0 aromatic carbocycles. The number of rotatable bonds is 5. The van der Waals surface area contributed by atoms with E-state index in [0.29, 0.717) is 18.9 Å². The molecule has 78 valence electrons. The summed E-state index contributed by atoms with van der Waals surface area (Å²) in [6.07, 6.45) is 8.09. The molecule has 0 amide bonds. The van der Waals surface area contributed by atoms with Crippen molar-refractivity contribution in [2.75, 3.05) is 13.2 Å². The van der Waals surface area contributed by atoms with Gasteiger partial charge in [-0.15, -0.1) is 0 Å². The molecule has 1 atom stereocenters. The van der Waals surface area contributed by atoms with Gasteiger partial charge in [-0.3, -0.25) is 4.79 Å². The highest BCUT2D eigenvalue weighted by molar-refractivity contribution is 5.79. The molecule has 0 aromatic heterocycles. The molecule has 14 heavy (non-hydrogen) atoms. The molecule has 1 aliphatic carbocycles. The van der Waals surface area contributed by atoms with Gasteiger partial charge in [0.25, 0.3) is 0 Å². The first-order valence-electron chi connectivity index (χ1n) is 5.16. The van der Waals surface area contributed by atoms with Crippen molar-refractivity contribution < 1.29 is 9.53 Å². The van der Waals surface area contributed by atoms with Crippen LogP contribution < -0.4 is 0 Å². The molecule has 0 fully saturated rings. The fourth-order valence-electron chi connectivity index (χ4n) is 1.39. The van der Waals surface area contributed by atoms with Crippen LogP contribution in [0.25, 0.3) is 0 Å². The first-order valence-corrected chi connectivity index (χ1v) is 5.16. The lowest BCUT2D eigenvalue weighted by molar-refractivity contribution is -0.123. The molecular formula is C12H18O2. The molecule has 1 aliphatic rings. The maximum absolute atomic E-state index is 11.0. The van der Waals surface area contributed by atoms with E-state index in [1.54, 1.807) is 0 Å². The van der Waals surface area contributed by atoms with Crippen LogP contribution in [0.15, 0.2) is 23.8 Å². The largest absolute Gasteiger partial charge is 0.373 e. The maximum atomic E-state index is 11.0. The minimum atomic E-state index is 0.173. The van der Waals surface area contributed by atoms with Crippen LogP contribution in [-0.4, -0.2) is 19.0 Å². The van der Waals surface area contributed by atoms with Gasteiger partial charge in [0.15, 0.2) is 5.78 Å². The summed E-state index contributed by atoms with van der Waals surface area (Å²) < 4.78 is 5.35. The molecule has 0 aromatic rings. The van der Waals surface area contributed by atoms with Gasteiger partial charge in [0.05, 0.1) is 6.61 Å². The van der Waals surface area contributed by atoms with Crippen LogP contribution in [0.3, 0.4) is 0 Å². The standard InChI is InChI=1S/C12H18O2/c1-3-12(13)9-14-8-11-7-5-4-6-10(11)2/h5-7,11H,3-4,8-9H2,1-2H3. The van der Waals surface area contributed by atoms with Gasteiger partial charge >= 0.3 is 0 Å². The zero-order valence-corrected chi connectivity index (χ0v) is 8.95. The third-order valence-electron chi connectivity index (χ3n) is 2.48. The topological polar surface area (TPSA) is 26.3 Å². The van der Waals surface area contributed by atoms with Crippen molar-refractivity contribution in [2.45, 2.75) is 26.7 Å². The monoisotopic (exact) mass is 194 g/mol. The highest BCUT2D eigenvalue weighted by atomic mass is 16.5. The summed E-state index contributed by atoms with van der Waals surface area (Å²) in [5, 5.41) is 0. The number of ketones is 1. The molecule has 0 radical (unpaired) electrons. The number of hydrogen-bond acceptors (Lipinski definition) is 2. The van der Waals surface area contributed by atoms with Crippen molar-refractivity contribution in [1.82, 2.24) is 0 Å². The summed E-state index contributed by atoms with van der Waals surface area (Å²) in [6, 6.07) is 0. The molecule has 2 nitrogen and oxygen atoms in total. The Kier molecular flexibility index (Phi) is 4.60. The summed E-state index contributed by atoms with van der Waals surface area (Å²) in [7, 11) is 0. The van der Waals surface area contributed by atoms with Gasteiger partial charge in [-0.1, -0.05) is 30.7 Å². The van der Waals surface area contributed by atoms with Gasteiger partial charge in [0.1, 0.15) is 6.61 Å². The van der Waals surface area contributed by atoms with E-state index in [1.807, 2.05) is 6.92 Å². The molecule has 0 N–H and O–H groups in total. The van der Waals surface area contributed by atoms with E-state index < -0.39 is 0 Å². The van der Waals surface area contributed by atoms with Gasteiger partial charge in [-0.2, -0.15) is 0 Å². The van der Waals surface area contributed by atoms with E-state index in [9.17, 15) is 4.79 Å². The summed E-state index contributed by atoms with van der Waals surface area (Å²) >= 11 is 0. The average molecular weight is 194 g/mol. The SMILES string of the molecule is CCC(=O)COCC1C=CCC=C1C. The summed E-state index contributed by atoms with van der Waals surface area (Å²) in [5.74, 6) is 0.542. The molecule has 0 saturated carbocycles. The van der Waals surface area contributed by atoms with Crippen LogP contribution in [0, 0.1) is 5.92 Å². The van der Waals surface area contributed by atoms with Crippen LogP contribution in [0.5, 0.6) is 0 Å². The number of hydrogen-bond donors (Lipinski definition) is 0. The molecule has 0 spiro atoms. The average Bonchev–Trinajstić information content (AvgIpc) is 2.20. The lowest BCUT2D eigenvalue weighted by Gasteiger charge is -2.16. The zero-order chi connectivity index (χ0) is 10.4. The normalized spacial score (nSPS) is 20.7. The number of carbonyl (C=O) groups excluding carboxylic acids is 1. The molecule has 1 unspecified atom stereocenters. The van der Waals surface area contributed by atoms with Crippen molar-refractivity contribution in [3.8, 4) is 0 Å². The van der Waals surface area contributed by atoms with Gasteiger partial charge in [-0.05, 0) is 13.3 Å². The molecule has 0 aliphatic heterocycles. The van der Waals surface area contributed by atoms with E-state index in [0.717, 1.165) is 6.42 Å². The lowest BCUT2D eigenvalue weighted by Crippen LogP contribution is -2.14. The number of ether oxygens (including phenoxy) is 1. The van der Waals surface area contributed by atoms with Crippen molar-refractivity contribution in [3.63, 3.8) is 0 Å². The summed E-state index contributed by atoms with van der Waals surface area (Å²) in [4.78, 5) is 11.0. The molecule has 1 rings (SSSR count). The fraction of sp³-hybridized carbons (Fsp3) is 0.583. The maximum Gasteiger partial charge on any atom is 0.158 e. The van der Waals surface area contributed by atoms with E-state index in [4.69, 9.17) is 4.74 Å². The van der Waals surface area contributed by atoms with Crippen molar-refractivity contribution in [2.24, 2.45) is 5.92 Å². The van der Waals surface area contributed by atoms with Crippen LogP contribution in [-0.2, 0) is 9.53 Å². The second-order valence-electron chi connectivity index (χ2n) is 3.63. The fourth-order valence-corrected chi connectivity index (χ4v) is 1.39. The predicted molar refractivity (Wildman–Crippen MR) is 57.1 cm³/mol. The number of Topliss-reactive ketones (excluding diaryl/α,β-unsaturated/α-hetero) is 1. The Bertz CT molecular complexity index is 251. The summed E-state index contributed by atoms with van der Waals surface area (Å²) in [6.45, 7) is 4.86. The zero-order valence-electron chi connectivity index (χ0n) is 8.95. The predicted octanol–water partition coefficient (Wildman–Crippen LogP) is 2.50. The number of carbonyl (C=O) groups is 1. The third-order valence-corrected chi connectivity index (χ3v) is 2.48. The minimum absolute atomic E-state index is 0.173. The quantitative estimate of drug-likeness (QED) is 0.628.